The number of hydrogen-bond donors (Lipinski definition) is 1. The first kappa shape index (κ1) is 17.4. The Morgan fingerprint density at radius 1 is 1.41 bits per heavy atom. The Morgan fingerprint density at radius 2 is 2.05 bits per heavy atom. The molecule has 1 amide bonds. The maximum atomic E-state index is 13.3. The standard InChI is InChI=1S/C14H14F2N2O4/c1-14(2,3)22-13(19)17-6-4-5-9-7-10(15)8-11(16)12(9)18(20)21/h7-8H,6H2,1-3H3,(H,17,19). The lowest BCUT2D eigenvalue weighted by atomic mass is 10.1. The lowest BCUT2D eigenvalue weighted by Crippen LogP contribution is -2.32. The highest BCUT2D eigenvalue weighted by atomic mass is 19.1. The minimum Gasteiger partial charge on any atom is -0.444 e. The van der Waals surface area contributed by atoms with Gasteiger partial charge in [0, 0.05) is 6.07 Å². The molecule has 1 N–H and O–H groups in total. The van der Waals surface area contributed by atoms with Gasteiger partial charge in [-0.3, -0.25) is 10.1 Å². The summed E-state index contributed by atoms with van der Waals surface area (Å²) >= 11 is 0. The van der Waals surface area contributed by atoms with E-state index in [0.717, 1.165) is 6.07 Å². The summed E-state index contributed by atoms with van der Waals surface area (Å²) in [5, 5.41) is 13.0. The van der Waals surface area contributed by atoms with Gasteiger partial charge in [0.15, 0.2) is 0 Å². The van der Waals surface area contributed by atoms with Crippen LogP contribution in [-0.4, -0.2) is 23.2 Å². The Kier molecular flexibility index (Phi) is 5.40. The fraction of sp³-hybridized carbons (Fsp3) is 0.357. The first-order valence-corrected chi connectivity index (χ1v) is 6.19. The Hall–Kier alpha value is -2.69. The number of amides is 1. The van der Waals surface area contributed by atoms with E-state index in [-0.39, 0.29) is 6.54 Å². The minimum atomic E-state index is -1.31. The number of nitro benzene ring substituents is 1. The molecule has 0 aliphatic heterocycles. The Morgan fingerprint density at radius 3 is 2.59 bits per heavy atom. The molecule has 0 heterocycles. The van der Waals surface area contributed by atoms with Crippen LogP contribution in [0.15, 0.2) is 12.1 Å². The average molecular weight is 312 g/mol. The number of benzene rings is 1. The SMILES string of the molecule is CC(C)(C)OC(=O)NCC#Cc1cc(F)cc(F)c1[N+](=O)[O-]. The summed E-state index contributed by atoms with van der Waals surface area (Å²) in [6, 6.07) is 1.16. The summed E-state index contributed by atoms with van der Waals surface area (Å²) in [6.45, 7) is 4.84. The van der Waals surface area contributed by atoms with Crippen LogP contribution in [-0.2, 0) is 4.74 Å². The van der Waals surface area contributed by atoms with Crippen LogP contribution in [0.4, 0.5) is 19.3 Å². The molecule has 6 nitrogen and oxygen atoms in total. The number of halogens is 2. The van der Waals surface area contributed by atoms with Crippen molar-refractivity contribution in [1.82, 2.24) is 5.32 Å². The third-order valence-electron chi connectivity index (χ3n) is 2.15. The molecule has 118 valence electrons. The molecule has 0 saturated heterocycles. The highest BCUT2D eigenvalue weighted by molar-refractivity contribution is 5.68. The Bertz CT molecular complexity index is 657. The van der Waals surface area contributed by atoms with Crippen LogP contribution in [0.3, 0.4) is 0 Å². The van der Waals surface area contributed by atoms with E-state index in [9.17, 15) is 23.7 Å². The van der Waals surface area contributed by atoms with Crippen molar-refractivity contribution in [1.29, 1.82) is 0 Å². The summed E-state index contributed by atoms with van der Waals surface area (Å²) in [4.78, 5) is 21.1. The number of carbonyl (C=O) groups excluding carboxylic acids is 1. The van der Waals surface area contributed by atoms with Crippen LogP contribution in [0.1, 0.15) is 26.3 Å². The molecule has 8 heteroatoms. The van der Waals surface area contributed by atoms with Crippen molar-refractivity contribution < 1.29 is 23.2 Å². The zero-order chi connectivity index (χ0) is 16.9. The molecule has 0 fully saturated rings. The van der Waals surface area contributed by atoms with Crippen LogP contribution < -0.4 is 5.32 Å². The van der Waals surface area contributed by atoms with Crippen molar-refractivity contribution in [3.05, 3.63) is 39.4 Å². The fourth-order valence-electron chi connectivity index (χ4n) is 1.42. The van der Waals surface area contributed by atoms with E-state index in [1.54, 1.807) is 20.8 Å². The highest BCUT2D eigenvalue weighted by Gasteiger charge is 2.20. The van der Waals surface area contributed by atoms with E-state index in [1.165, 1.54) is 0 Å². The number of rotatable bonds is 2. The van der Waals surface area contributed by atoms with E-state index in [2.05, 4.69) is 17.2 Å². The first-order valence-electron chi connectivity index (χ1n) is 6.19. The fourth-order valence-corrected chi connectivity index (χ4v) is 1.42. The molecular formula is C14H14F2N2O4. The topological polar surface area (TPSA) is 81.5 Å². The molecule has 1 aromatic rings. The third kappa shape index (κ3) is 5.36. The van der Waals surface area contributed by atoms with Crippen molar-refractivity contribution in [2.45, 2.75) is 26.4 Å². The predicted molar refractivity (Wildman–Crippen MR) is 74.1 cm³/mol. The molecule has 1 rings (SSSR count). The number of nitro groups is 1. The van der Waals surface area contributed by atoms with Gasteiger partial charge in [-0.1, -0.05) is 11.8 Å². The molecule has 0 aromatic heterocycles. The second-order valence-electron chi connectivity index (χ2n) is 5.20. The van der Waals surface area contributed by atoms with E-state index in [1.807, 2.05) is 0 Å². The van der Waals surface area contributed by atoms with Crippen LogP contribution in [0.25, 0.3) is 0 Å². The van der Waals surface area contributed by atoms with Crippen molar-refractivity contribution >= 4 is 11.8 Å². The summed E-state index contributed by atoms with van der Waals surface area (Å²) < 4.78 is 31.4. The maximum absolute atomic E-state index is 13.3. The van der Waals surface area contributed by atoms with Crippen LogP contribution in [0, 0.1) is 33.6 Å². The number of alkyl carbamates (subject to hydrolysis) is 1. The van der Waals surface area contributed by atoms with Crippen molar-refractivity contribution in [3.63, 3.8) is 0 Å². The van der Waals surface area contributed by atoms with Crippen molar-refractivity contribution in [3.8, 4) is 11.8 Å². The van der Waals surface area contributed by atoms with Crippen molar-refractivity contribution in [2.24, 2.45) is 0 Å². The smallest absolute Gasteiger partial charge is 0.408 e. The van der Waals surface area contributed by atoms with Crippen molar-refractivity contribution in [2.75, 3.05) is 6.54 Å². The van der Waals surface area contributed by atoms with E-state index in [4.69, 9.17) is 4.74 Å². The molecule has 0 bridgehead atoms. The van der Waals surface area contributed by atoms with Gasteiger partial charge in [0.05, 0.1) is 11.5 Å². The number of nitrogens with one attached hydrogen (secondary N) is 1. The molecule has 0 unspecified atom stereocenters. The van der Waals surface area contributed by atoms with Gasteiger partial charge in [0.25, 0.3) is 0 Å². The second-order valence-corrected chi connectivity index (χ2v) is 5.20. The lowest BCUT2D eigenvalue weighted by molar-refractivity contribution is -0.387. The van der Waals surface area contributed by atoms with Gasteiger partial charge < -0.3 is 10.1 Å². The number of hydrogen-bond acceptors (Lipinski definition) is 4. The quantitative estimate of drug-likeness (QED) is 0.517. The third-order valence-corrected chi connectivity index (χ3v) is 2.15. The zero-order valence-electron chi connectivity index (χ0n) is 12.2. The molecule has 0 radical (unpaired) electrons. The highest BCUT2D eigenvalue weighted by Crippen LogP contribution is 2.23. The average Bonchev–Trinajstić information content (AvgIpc) is 2.30. The molecule has 0 saturated carbocycles. The van der Waals surface area contributed by atoms with Crippen LogP contribution >= 0.6 is 0 Å². The Labute approximate surface area is 125 Å². The normalized spacial score (nSPS) is 10.4. The zero-order valence-corrected chi connectivity index (χ0v) is 12.2. The summed E-state index contributed by atoms with van der Waals surface area (Å²) in [5.41, 5.74) is -2.00. The van der Waals surface area contributed by atoms with E-state index in [0.29, 0.717) is 6.07 Å². The molecule has 1 aromatic carbocycles. The van der Waals surface area contributed by atoms with Crippen LogP contribution in [0.5, 0.6) is 0 Å². The number of carbonyl (C=O) groups is 1. The number of ether oxygens (including phenoxy) is 1. The Balaban J connectivity index is 2.81. The molecule has 0 aliphatic carbocycles. The number of nitrogens with zero attached hydrogens (tertiary/aromatic N) is 1. The second kappa shape index (κ2) is 6.85. The maximum Gasteiger partial charge on any atom is 0.408 e. The van der Waals surface area contributed by atoms with Gasteiger partial charge in [-0.2, -0.15) is 4.39 Å². The largest absolute Gasteiger partial charge is 0.444 e. The van der Waals surface area contributed by atoms with Gasteiger partial charge >= 0.3 is 11.8 Å². The van der Waals surface area contributed by atoms with Gasteiger partial charge in [-0.05, 0) is 26.8 Å². The predicted octanol–water partition coefficient (Wildman–Crippen LogP) is 2.75. The lowest BCUT2D eigenvalue weighted by Gasteiger charge is -2.18. The first-order chi connectivity index (χ1) is 10.1. The van der Waals surface area contributed by atoms with E-state index < -0.39 is 39.5 Å². The molecule has 22 heavy (non-hydrogen) atoms. The minimum absolute atomic E-state index is 0.190. The van der Waals surface area contributed by atoms with Gasteiger partial charge in [-0.15, -0.1) is 0 Å². The summed E-state index contributed by atoms with van der Waals surface area (Å²) in [5.74, 6) is 2.33. The van der Waals surface area contributed by atoms with Gasteiger partial charge in [0.1, 0.15) is 17.0 Å². The van der Waals surface area contributed by atoms with Gasteiger partial charge in [0.2, 0.25) is 5.82 Å². The summed E-state index contributed by atoms with van der Waals surface area (Å²) in [7, 11) is 0. The molecule has 0 aliphatic rings. The monoisotopic (exact) mass is 312 g/mol. The molecule has 0 spiro atoms. The van der Waals surface area contributed by atoms with Crippen LogP contribution in [0.2, 0.25) is 0 Å². The molecule has 0 atom stereocenters. The summed E-state index contributed by atoms with van der Waals surface area (Å²) in [6.07, 6.45) is -0.721. The molecular weight excluding hydrogens is 298 g/mol. The van der Waals surface area contributed by atoms with E-state index >= 15 is 0 Å². The van der Waals surface area contributed by atoms with Gasteiger partial charge in [-0.25, -0.2) is 9.18 Å².